The molecule has 0 atom stereocenters. The van der Waals surface area contributed by atoms with Crippen molar-refractivity contribution in [2.24, 2.45) is 0 Å². The van der Waals surface area contributed by atoms with Crippen molar-refractivity contribution in [3.8, 4) is 0 Å². The van der Waals surface area contributed by atoms with Crippen LogP contribution in [0.2, 0.25) is 0 Å². The van der Waals surface area contributed by atoms with Gasteiger partial charge in [0.25, 0.3) is 15.9 Å². The van der Waals surface area contributed by atoms with E-state index in [1.807, 2.05) is 12.1 Å². The topological polar surface area (TPSA) is 95.5 Å². The Hall–Kier alpha value is -3.89. The van der Waals surface area contributed by atoms with Crippen LogP contribution in [0, 0.1) is 12.7 Å². The minimum absolute atomic E-state index is 0.0923. The molecule has 0 unspecified atom stereocenters. The van der Waals surface area contributed by atoms with Gasteiger partial charge in [0.05, 0.1) is 17.4 Å². The van der Waals surface area contributed by atoms with E-state index in [1.165, 1.54) is 12.3 Å². The molecule has 37 heavy (non-hydrogen) atoms. The van der Waals surface area contributed by atoms with Crippen LogP contribution < -0.4 is 4.72 Å². The van der Waals surface area contributed by atoms with E-state index in [1.54, 1.807) is 60.6 Å². The molecule has 0 radical (unpaired) electrons. The molecule has 1 fully saturated rings. The van der Waals surface area contributed by atoms with Gasteiger partial charge in [0.15, 0.2) is 0 Å². The molecule has 2 aromatic heterocycles. The smallest absolute Gasteiger partial charge is 0.264 e. The molecule has 0 spiro atoms. The Kier molecular flexibility index (Phi) is 6.86. The molecule has 5 rings (SSSR count). The first-order valence-electron chi connectivity index (χ1n) is 11.9. The first-order valence-corrected chi connectivity index (χ1v) is 13.4. The van der Waals surface area contributed by atoms with Crippen molar-refractivity contribution in [3.63, 3.8) is 0 Å². The van der Waals surface area contributed by atoms with E-state index >= 15 is 0 Å². The number of hydrogen-bond donors (Lipinski definition) is 1. The summed E-state index contributed by atoms with van der Waals surface area (Å²) in [6, 6.07) is 15.2. The van der Waals surface area contributed by atoms with Gasteiger partial charge in [-0.1, -0.05) is 18.2 Å². The Labute approximate surface area is 214 Å². The van der Waals surface area contributed by atoms with Crippen LogP contribution in [0.5, 0.6) is 0 Å². The van der Waals surface area contributed by atoms with E-state index in [2.05, 4.69) is 19.6 Å². The number of para-hydroxylation sites is 1. The van der Waals surface area contributed by atoms with Crippen LogP contribution in [0.3, 0.4) is 0 Å². The fourth-order valence-electron chi connectivity index (χ4n) is 4.47. The summed E-state index contributed by atoms with van der Waals surface area (Å²) in [5, 5.41) is 0.731. The molecule has 4 aromatic rings. The number of pyridine rings is 2. The third kappa shape index (κ3) is 5.30. The lowest BCUT2D eigenvalue weighted by Gasteiger charge is -2.35. The van der Waals surface area contributed by atoms with Gasteiger partial charge in [-0.05, 0) is 48.9 Å². The number of sulfonamides is 1. The van der Waals surface area contributed by atoms with E-state index in [9.17, 15) is 17.6 Å². The summed E-state index contributed by atoms with van der Waals surface area (Å²) in [6.07, 6.45) is 4.34. The van der Waals surface area contributed by atoms with Crippen molar-refractivity contribution in [2.45, 2.75) is 18.4 Å². The third-order valence-electron chi connectivity index (χ3n) is 6.51. The van der Waals surface area contributed by atoms with Crippen molar-refractivity contribution in [3.05, 3.63) is 95.7 Å². The first kappa shape index (κ1) is 24.8. The quantitative estimate of drug-likeness (QED) is 0.416. The highest BCUT2D eigenvalue weighted by Crippen LogP contribution is 2.26. The molecule has 0 bridgehead atoms. The normalized spacial score (nSPS) is 14.6. The highest BCUT2D eigenvalue weighted by molar-refractivity contribution is 7.93. The van der Waals surface area contributed by atoms with Crippen molar-refractivity contribution in [1.82, 2.24) is 19.8 Å². The number of aromatic nitrogens is 2. The zero-order chi connectivity index (χ0) is 26.0. The zero-order valence-corrected chi connectivity index (χ0v) is 21.1. The van der Waals surface area contributed by atoms with Crippen LogP contribution in [0.4, 0.5) is 10.1 Å². The Bertz CT molecular complexity index is 1560. The number of nitrogens with one attached hydrogen (secondary N) is 1. The van der Waals surface area contributed by atoms with Crippen LogP contribution in [-0.4, -0.2) is 60.3 Å². The lowest BCUT2D eigenvalue weighted by atomic mass is 10.1. The van der Waals surface area contributed by atoms with Crippen molar-refractivity contribution >= 4 is 32.5 Å². The van der Waals surface area contributed by atoms with E-state index in [4.69, 9.17) is 0 Å². The molecular weight excluding hydrogens is 493 g/mol. The maximum absolute atomic E-state index is 13.9. The summed E-state index contributed by atoms with van der Waals surface area (Å²) in [5.74, 6) is -0.450. The molecule has 190 valence electrons. The standard InChI is InChI=1S/C27H26FN5O3S/c1-19-16-21(27(34)33-14-12-32(13-15-33)18-22-9-11-29-17-23(22)28)7-8-24(19)31-37(35,36)25-6-2-4-20-5-3-10-30-26(20)25/h2-11,16-17,31H,12-15,18H2,1H3. The summed E-state index contributed by atoms with van der Waals surface area (Å²) in [4.78, 5) is 25.1. The number of halogens is 1. The minimum atomic E-state index is -3.90. The third-order valence-corrected chi connectivity index (χ3v) is 7.91. The number of hydrogen-bond acceptors (Lipinski definition) is 6. The molecule has 1 saturated heterocycles. The van der Waals surface area contributed by atoms with Crippen LogP contribution in [0.15, 0.2) is 78.1 Å². The summed E-state index contributed by atoms with van der Waals surface area (Å²) in [7, 11) is -3.90. The Morgan fingerprint density at radius 2 is 1.81 bits per heavy atom. The van der Waals surface area contributed by atoms with Crippen LogP contribution >= 0.6 is 0 Å². The molecule has 0 aliphatic carbocycles. The molecule has 1 aliphatic heterocycles. The SMILES string of the molecule is Cc1cc(C(=O)N2CCN(Cc3ccncc3F)CC2)ccc1NS(=O)(=O)c1cccc2cccnc12. The van der Waals surface area contributed by atoms with Gasteiger partial charge in [0.1, 0.15) is 10.7 Å². The second kappa shape index (κ2) is 10.2. The summed E-state index contributed by atoms with van der Waals surface area (Å²) in [5.41, 5.74) is 2.50. The number of amides is 1. The molecule has 3 heterocycles. The van der Waals surface area contributed by atoms with Crippen molar-refractivity contribution in [2.75, 3.05) is 30.9 Å². The monoisotopic (exact) mass is 519 g/mol. The van der Waals surface area contributed by atoms with Gasteiger partial charge >= 0.3 is 0 Å². The van der Waals surface area contributed by atoms with Gasteiger partial charge < -0.3 is 4.90 Å². The maximum atomic E-state index is 13.9. The second-order valence-electron chi connectivity index (χ2n) is 9.00. The molecule has 1 aliphatic rings. The number of nitrogens with zero attached hydrogens (tertiary/aromatic N) is 4. The van der Waals surface area contributed by atoms with Gasteiger partial charge in [-0.3, -0.25) is 24.4 Å². The molecule has 1 N–H and O–H groups in total. The molecular formula is C27H26FN5O3S. The number of anilines is 1. The van der Waals surface area contributed by atoms with Crippen molar-refractivity contribution < 1.29 is 17.6 Å². The van der Waals surface area contributed by atoms with Gasteiger partial charge in [0.2, 0.25) is 0 Å². The average molecular weight is 520 g/mol. The van der Waals surface area contributed by atoms with E-state index in [0.717, 1.165) is 5.39 Å². The molecule has 1 amide bonds. The summed E-state index contributed by atoms with van der Waals surface area (Å²) < 4.78 is 42.9. The Morgan fingerprint density at radius 1 is 1.03 bits per heavy atom. The number of rotatable bonds is 6. The largest absolute Gasteiger partial charge is 0.336 e. The van der Waals surface area contributed by atoms with Gasteiger partial charge in [-0.2, -0.15) is 0 Å². The maximum Gasteiger partial charge on any atom is 0.264 e. The van der Waals surface area contributed by atoms with E-state index in [-0.39, 0.29) is 16.6 Å². The highest BCUT2D eigenvalue weighted by atomic mass is 32.2. The van der Waals surface area contributed by atoms with Crippen LogP contribution in [0.25, 0.3) is 10.9 Å². The van der Waals surface area contributed by atoms with Gasteiger partial charge in [-0.15, -0.1) is 0 Å². The van der Waals surface area contributed by atoms with Crippen LogP contribution in [-0.2, 0) is 16.6 Å². The number of benzene rings is 2. The average Bonchev–Trinajstić information content (AvgIpc) is 2.91. The summed E-state index contributed by atoms with van der Waals surface area (Å²) >= 11 is 0. The molecule has 2 aromatic carbocycles. The highest BCUT2D eigenvalue weighted by Gasteiger charge is 2.24. The Balaban J connectivity index is 1.26. The fraction of sp³-hybridized carbons (Fsp3) is 0.222. The predicted octanol–water partition coefficient (Wildman–Crippen LogP) is 3.84. The number of piperazine rings is 1. The number of aryl methyl sites for hydroxylation is 1. The minimum Gasteiger partial charge on any atom is -0.336 e. The predicted molar refractivity (Wildman–Crippen MR) is 139 cm³/mol. The summed E-state index contributed by atoms with van der Waals surface area (Å²) in [6.45, 7) is 4.53. The lowest BCUT2D eigenvalue weighted by molar-refractivity contribution is 0.0627. The van der Waals surface area contributed by atoms with Crippen molar-refractivity contribution in [1.29, 1.82) is 0 Å². The Morgan fingerprint density at radius 3 is 2.57 bits per heavy atom. The lowest BCUT2D eigenvalue weighted by Crippen LogP contribution is -2.48. The van der Waals surface area contributed by atoms with E-state index in [0.29, 0.717) is 60.6 Å². The molecule has 0 saturated carbocycles. The second-order valence-corrected chi connectivity index (χ2v) is 10.7. The zero-order valence-electron chi connectivity index (χ0n) is 20.3. The number of carbonyl (C=O) groups is 1. The van der Waals surface area contributed by atoms with Gasteiger partial charge in [-0.25, -0.2) is 12.8 Å². The number of carbonyl (C=O) groups excluding carboxylic acids is 1. The van der Waals surface area contributed by atoms with E-state index < -0.39 is 10.0 Å². The molecule has 8 nitrogen and oxygen atoms in total. The molecule has 10 heteroatoms. The fourth-order valence-corrected chi connectivity index (χ4v) is 5.78. The van der Waals surface area contributed by atoms with Crippen LogP contribution in [0.1, 0.15) is 21.5 Å². The number of fused-ring (bicyclic) bond motifs is 1. The first-order chi connectivity index (χ1) is 17.8. The van der Waals surface area contributed by atoms with Gasteiger partial charge in [0, 0.05) is 61.6 Å².